The average Bonchev–Trinajstić information content (AvgIpc) is 2.74. The summed E-state index contributed by atoms with van der Waals surface area (Å²) in [6.45, 7) is 1.64. The SMILES string of the molecule is CC(=O)N(C)c1ccc(NCC(=O)Nc2ccc(Oc3ccccc3)cc2)cc1. The molecule has 2 N–H and O–H groups in total. The van der Waals surface area contributed by atoms with Crippen molar-refractivity contribution in [2.75, 3.05) is 29.1 Å². The van der Waals surface area contributed by atoms with E-state index in [0.29, 0.717) is 11.4 Å². The molecule has 0 fully saturated rings. The summed E-state index contributed by atoms with van der Waals surface area (Å²) >= 11 is 0. The van der Waals surface area contributed by atoms with Gasteiger partial charge in [-0.1, -0.05) is 18.2 Å². The Morgan fingerprint density at radius 3 is 2.03 bits per heavy atom. The third-order valence-corrected chi connectivity index (χ3v) is 4.30. The Labute approximate surface area is 170 Å². The molecule has 0 spiro atoms. The Hall–Kier alpha value is -3.80. The summed E-state index contributed by atoms with van der Waals surface area (Å²) in [6, 6.07) is 24.0. The Balaban J connectivity index is 1.48. The molecule has 0 saturated carbocycles. The Morgan fingerprint density at radius 2 is 1.41 bits per heavy atom. The van der Waals surface area contributed by atoms with Crippen LogP contribution in [0.1, 0.15) is 6.92 Å². The summed E-state index contributed by atoms with van der Waals surface area (Å²) < 4.78 is 5.74. The highest BCUT2D eigenvalue weighted by molar-refractivity contribution is 5.94. The van der Waals surface area contributed by atoms with Gasteiger partial charge in [-0.3, -0.25) is 9.59 Å². The smallest absolute Gasteiger partial charge is 0.243 e. The van der Waals surface area contributed by atoms with E-state index in [2.05, 4.69) is 10.6 Å². The lowest BCUT2D eigenvalue weighted by Crippen LogP contribution is -2.23. The Kier molecular flexibility index (Phi) is 6.47. The minimum absolute atomic E-state index is 0.0368. The summed E-state index contributed by atoms with van der Waals surface area (Å²) in [4.78, 5) is 25.1. The summed E-state index contributed by atoms with van der Waals surface area (Å²) in [5.41, 5.74) is 2.29. The lowest BCUT2D eigenvalue weighted by Gasteiger charge is -2.15. The second kappa shape index (κ2) is 9.41. The average molecular weight is 389 g/mol. The molecule has 0 aromatic heterocycles. The molecular formula is C23H23N3O3. The number of carbonyl (C=O) groups is 2. The van der Waals surface area contributed by atoms with E-state index in [0.717, 1.165) is 17.1 Å². The van der Waals surface area contributed by atoms with E-state index < -0.39 is 0 Å². The number of amides is 2. The summed E-state index contributed by atoms with van der Waals surface area (Å²) in [7, 11) is 1.72. The van der Waals surface area contributed by atoms with E-state index >= 15 is 0 Å². The second-order valence-electron chi connectivity index (χ2n) is 6.47. The lowest BCUT2D eigenvalue weighted by atomic mass is 10.2. The van der Waals surface area contributed by atoms with Gasteiger partial charge in [0.1, 0.15) is 11.5 Å². The summed E-state index contributed by atoms with van der Waals surface area (Å²) in [5, 5.41) is 5.90. The topological polar surface area (TPSA) is 70.7 Å². The molecule has 3 aromatic carbocycles. The zero-order chi connectivity index (χ0) is 20.6. The molecule has 148 valence electrons. The fraction of sp³-hybridized carbons (Fsp3) is 0.130. The molecule has 0 aliphatic heterocycles. The van der Waals surface area contributed by atoms with Gasteiger partial charge in [-0.05, 0) is 60.7 Å². The monoisotopic (exact) mass is 389 g/mol. The van der Waals surface area contributed by atoms with Crippen molar-refractivity contribution in [3.05, 3.63) is 78.9 Å². The van der Waals surface area contributed by atoms with E-state index in [-0.39, 0.29) is 18.4 Å². The van der Waals surface area contributed by atoms with Crippen molar-refractivity contribution in [1.82, 2.24) is 0 Å². The van der Waals surface area contributed by atoms with Crippen LogP contribution in [0, 0.1) is 0 Å². The highest BCUT2D eigenvalue weighted by atomic mass is 16.5. The maximum absolute atomic E-state index is 12.2. The van der Waals surface area contributed by atoms with E-state index in [1.54, 1.807) is 36.2 Å². The van der Waals surface area contributed by atoms with Crippen LogP contribution in [0.5, 0.6) is 11.5 Å². The predicted molar refractivity (Wildman–Crippen MR) is 116 cm³/mol. The van der Waals surface area contributed by atoms with Crippen molar-refractivity contribution < 1.29 is 14.3 Å². The van der Waals surface area contributed by atoms with Gasteiger partial charge < -0.3 is 20.3 Å². The third kappa shape index (κ3) is 5.84. The first-order chi connectivity index (χ1) is 14.0. The molecule has 29 heavy (non-hydrogen) atoms. The van der Waals surface area contributed by atoms with E-state index in [4.69, 9.17) is 4.74 Å². The molecule has 0 radical (unpaired) electrons. The molecule has 6 nitrogen and oxygen atoms in total. The molecule has 0 bridgehead atoms. The number of benzene rings is 3. The van der Waals surface area contributed by atoms with Gasteiger partial charge in [0.2, 0.25) is 11.8 Å². The van der Waals surface area contributed by atoms with Crippen molar-refractivity contribution in [3.63, 3.8) is 0 Å². The Bertz CT molecular complexity index is 955. The van der Waals surface area contributed by atoms with Crippen molar-refractivity contribution in [2.45, 2.75) is 6.92 Å². The van der Waals surface area contributed by atoms with Gasteiger partial charge in [0.05, 0.1) is 6.54 Å². The molecule has 3 rings (SSSR count). The zero-order valence-electron chi connectivity index (χ0n) is 16.4. The maximum Gasteiger partial charge on any atom is 0.243 e. The second-order valence-corrected chi connectivity index (χ2v) is 6.47. The van der Waals surface area contributed by atoms with Crippen LogP contribution < -0.4 is 20.3 Å². The Morgan fingerprint density at radius 1 is 0.828 bits per heavy atom. The normalized spacial score (nSPS) is 10.1. The van der Waals surface area contributed by atoms with Crippen LogP contribution in [0.25, 0.3) is 0 Å². The lowest BCUT2D eigenvalue weighted by molar-refractivity contribution is -0.116. The molecule has 0 aliphatic carbocycles. The van der Waals surface area contributed by atoms with E-state index in [1.165, 1.54) is 6.92 Å². The van der Waals surface area contributed by atoms with E-state index in [1.807, 2.05) is 54.6 Å². The number of rotatable bonds is 7. The van der Waals surface area contributed by atoms with Crippen LogP contribution >= 0.6 is 0 Å². The van der Waals surface area contributed by atoms with Gasteiger partial charge in [-0.15, -0.1) is 0 Å². The van der Waals surface area contributed by atoms with Gasteiger partial charge in [-0.25, -0.2) is 0 Å². The largest absolute Gasteiger partial charge is 0.457 e. The van der Waals surface area contributed by atoms with Crippen molar-refractivity contribution in [3.8, 4) is 11.5 Å². The first kappa shape index (κ1) is 19.9. The number of hydrogen-bond acceptors (Lipinski definition) is 4. The maximum atomic E-state index is 12.2. The molecule has 0 saturated heterocycles. The number of hydrogen-bond donors (Lipinski definition) is 2. The molecule has 2 amide bonds. The fourth-order valence-corrected chi connectivity index (χ4v) is 2.60. The predicted octanol–water partition coefficient (Wildman–Crippen LogP) is 4.51. The zero-order valence-corrected chi connectivity index (χ0v) is 16.4. The van der Waals surface area contributed by atoms with Crippen LogP contribution in [0.2, 0.25) is 0 Å². The number of para-hydroxylation sites is 1. The van der Waals surface area contributed by atoms with Crippen LogP contribution in [0.15, 0.2) is 78.9 Å². The van der Waals surface area contributed by atoms with Crippen LogP contribution in [0.4, 0.5) is 17.1 Å². The van der Waals surface area contributed by atoms with E-state index in [9.17, 15) is 9.59 Å². The number of nitrogens with zero attached hydrogens (tertiary/aromatic N) is 1. The first-order valence-corrected chi connectivity index (χ1v) is 9.22. The minimum Gasteiger partial charge on any atom is -0.457 e. The highest BCUT2D eigenvalue weighted by Crippen LogP contribution is 2.22. The molecule has 6 heteroatoms. The van der Waals surface area contributed by atoms with Gasteiger partial charge in [0.25, 0.3) is 0 Å². The summed E-state index contributed by atoms with van der Waals surface area (Å²) in [6.07, 6.45) is 0. The highest BCUT2D eigenvalue weighted by Gasteiger charge is 2.06. The number of nitrogens with one attached hydrogen (secondary N) is 2. The molecule has 3 aromatic rings. The number of ether oxygens (including phenoxy) is 1. The molecule has 0 heterocycles. The minimum atomic E-state index is -0.161. The van der Waals surface area contributed by atoms with Gasteiger partial charge >= 0.3 is 0 Å². The number of carbonyl (C=O) groups excluding carboxylic acids is 2. The third-order valence-electron chi connectivity index (χ3n) is 4.30. The molecular weight excluding hydrogens is 366 g/mol. The van der Waals surface area contributed by atoms with Gasteiger partial charge in [0.15, 0.2) is 0 Å². The quantitative estimate of drug-likeness (QED) is 0.624. The van der Waals surface area contributed by atoms with Crippen molar-refractivity contribution in [2.24, 2.45) is 0 Å². The first-order valence-electron chi connectivity index (χ1n) is 9.22. The summed E-state index contributed by atoms with van der Waals surface area (Å²) in [5.74, 6) is 1.26. The molecule has 0 atom stereocenters. The van der Waals surface area contributed by atoms with Crippen LogP contribution in [-0.4, -0.2) is 25.4 Å². The standard InChI is InChI=1S/C23H23N3O3/c1-17(27)26(2)20-12-8-18(9-13-20)24-16-23(28)25-19-10-14-22(15-11-19)29-21-6-4-3-5-7-21/h3-15,24H,16H2,1-2H3,(H,25,28). The molecule has 0 unspecified atom stereocenters. The van der Waals surface area contributed by atoms with Crippen molar-refractivity contribution >= 4 is 28.9 Å². The number of anilines is 3. The van der Waals surface area contributed by atoms with Crippen molar-refractivity contribution in [1.29, 1.82) is 0 Å². The van der Waals surface area contributed by atoms with Crippen LogP contribution in [0.3, 0.4) is 0 Å². The van der Waals surface area contributed by atoms with Crippen LogP contribution in [-0.2, 0) is 9.59 Å². The molecule has 0 aliphatic rings. The van der Waals surface area contributed by atoms with Gasteiger partial charge in [-0.2, -0.15) is 0 Å². The fourth-order valence-electron chi connectivity index (χ4n) is 2.60. The van der Waals surface area contributed by atoms with Gasteiger partial charge in [0, 0.05) is 31.0 Å².